The van der Waals surface area contributed by atoms with Crippen LogP contribution in [0.1, 0.15) is 25.8 Å². The van der Waals surface area contributed by atoms with E-state index in [4.69, 9.17) is 14.2 Å². The summed E-state index contributed by atoms with van der Waals surface area (Å²) in [6, 6.07) is 5.44. The van der Waals surface area contributed by atoms with Crippen LogP contribution in [0.25, 0.3) is 6.08 Å². The molecule has 1 atom stereocenters. The van der Waals surface area contributed by atoms with Gasteiger partial charge in [-0.3, -0.25) is 14.5 Å². The zero-order valence-electron chi connectivity index (χ0n) is 14.9. The van der Waals surface area contributed by atoms with Gasteiger partial charge in [0.05, 0.1) is 31.3 Å². The van der Waals surface area contributed by atoms with Crippen LogP contribution >= 0.6 is 11.8 Å². The lowest BCUT2D eigenvalue weighted by Gasteiger charge is -2.15. The number of carbonyl (C=O) groups excluding carboxylic acids is 2. The number of methoxy groups -OCH3 is 2. The Kier molecular flexibility index (Phi) is 6.90. The summed E-state index contributed by atoms with van der Waals surface area (Å²) in [6.45, 7) is 4.61. The number of thioether (sulfide) groups is 1. The normalized spacial score (nSPS) is 17.3. The van der Waals surface area contributed by atoms with Gasteiger partial charge in [0.15, 0.2) is 11.5 Å². The maximum absolute atomic E-state index is 12.3. The van der Waals surface area contributed by atoms with E-state index < -0.39 is 0 Å². The van der Waals surface area contributed by atoms with Crippen molar-refractivity contribution in [1.29, 1.82) is 0 Å². The second-order valence-electron chi connectivity index (χ2n) is 5.57. The first kappa shape index (κ1) is 19.3. The zero-order chi connectivity index (χ0) is 18.4. The van der Waals surface area contributed by atoms with Crippen molar-refractivity contribution >= 4 is 29.0 Å². The molecular formula is C18H23NO5S. The third-order valence-corrected chi connectivity index (χ3v) is 4.69. The first-order valence-electron chi connectivity index (χ1n) is 8.09. The van der Waals surface area contributed by atoms with Gasteiger partial charge in [0, 0.05) is 7.11 Å². The number of hydrogen-bond acceptors (Lipinski definition) is 6. The molecule has 1 aliphatic rings. The van der Waals surface area contributed by atoms with Crippen molar-refractivity contribution in [2.75, 3.05) is 27.4 Å². The second kappa shape index (κ2) is 8.92. The topological polar surface area (TPSA) is 65.1 Å². The number of amides is 2. The van der Waals surface area contributed by atoms with Gasteiger partial charge in [-0.05, 0) is 48.9 Å². The molecule has 0 unspecified atom stereocenters. The van der Waals surface area contributed by atoms with Gasteiger partial charge in [0.2, 0.25) is 0 Å². The van der Waals surface area contributed by atoms with Crippen molar-refractivity contribution in [3.63, 3.8) is 0 Å². The summed E-state index contributed by atoms with van der Waals surface area (Å²) in [7, 11) is 3.10. The van der Waals surface area contributed by atoms with Crippen LogP contribution in [0.15, 0.2) is 23.1 Å². The molecule has 1 aliphatic heterocycles. The first-order chi connectivity index (χ1) is 12.0. The van der Waals surface area contributed by atoms with Crippen LogP contribution in [0.4, 0.5) is 4.79 Å². The Morgan fingerprint density at radius 3 is 2.64 bits per heavy atom. The van der Waals surface area contributed by atoms with Crippen LogP contribution in [0.3, 0.4) is 0 Å². The molecule has 2 rings (SSSR count). The van der Waals surface area contributed by atoms with Gasteiger partial charge < -0.3 is 14.2 Å². The number of rotatable bonds is 8. The monoisotopic (exact) mass is 365 g/mol. The van der Waals surface area contributed by atoms with E-state index in [9.17, 15) is 9.59 Å². The van der Waals surface area contributed by atoms with E-state index in [1.165, 1.54) is 12.0 Å². The number of hydrogen-bond donors (Lipinski definition) is 0. The fraction of sp³-hybridized carbons (Fsp3) is 0.444. The molecule has 0 N–H and O–H groups in total. The van der Waals surface area contributed by atoms with Gasteiger partial charge >= 0.3 is 0 Å². The Balaban J connectivity index is 2.20. The number of ether oxygens (including phenoxy) is 3. The third-order valence-electron chi connectivity index (χ3n) is 3.78. The van der Waals surface area contributed by atoms with E-state index in [1.54, 1.807) is 19.3 Å². The van der Waals surface area contributed by atoms with Gasteiger partial charge in [-0.2, -0.15) is 0 Å². The molecule has 1 fully saturated rings. The molecule has 1 saturated heterocycles. The Morgan fingerprint density at radius 1 is 1.24 bits per heavy atom. The average Bonchev–Trinajstić information content (AvgIpc) is 2.87. The van der Waals surface area contributed by atoms with E-state index in [-0.39, 0.29) is 23.8 Å². The van der Waals surface area contributed by atoms with Crippen molar-refractivity contribution in [2.45, 2.75) is 26.4 Å². The molecule has 7 heteroatoms. The molecular weight excluding hydrogens is 342 g/mol. The highest BCUT2D eigenvalue weighted by atomic mass is 32.2. The van der Waals surface area contributed by atoms with Crippen molar-refractivity contribution in [3.8, 4) is 11.5 Å². The van der Waals surface area contributed by atoms with Crippen molar-refractivity contribution in [3.05, 3.63) is 28.7 Å². The number of imide groups is 1. The van der Waals surface area contributed by atoms with Gasteiger partial charge in [-0.15, -0.1) is 0 Å². The molecule has 0 spiro atoms. The van der Waals surface area contributed by atoms with E-state index in [0.29, 0.717) is 23.0 Å². The summed E-state index contributed by atoms with van der Waals surface area (Å²) >= 11 is 0.930. The summed E-state index contributed by atoms with van der Waals surface area (Å²) in [5.41, 5.74) is 0.769. The van der Waals surface area contributed by atoms with Crippen LogP contribution < -0.4 is 9.47 Å². The molecule has 0 radical (unpaired) electrons. The molecule has 0 bridgehead atoms. The van der Waals surface area contributed by atoms with Gasteiger partial charge in [0.1, 0.15) is 0 Å². The zero-order valence-corrected chi connectivity index (χ0v) is 15.7. The highest BCUT2D eigenvalue weighted by Crippen LogP contribution is 2.34. The van der Waals surface area contributed by atoms with E-state index in [0.717, 1.165) is 23.7 Å². The van der Waals surface area contributed by atoms with E-state index in [1.807, 2.05) is 26.0 Å². The van der Waals surface area contributed by atoms with E-state index in [2.05, 4.69) is 0 Å². The predicted molar refractivity (Wildman–Crippen MR) is 97.9 cm³/mol. The Morgan fingerprint density at radius 2 is 2.00 bits per heavy atom. The minimum absolute atomic E-state index is 0.0806. The lowest BCUT2D eigenvalue weighted by Crippen LogP contribution is -2.31. The van der Waals surface area contributed by atoms with Crippen molar-refractivity contribution in [1.82, 2.24) is 4.90 Å². The molecule has 25 heavy (non-hydrogen) atoms. The summed E-state index contributed by atoms with van der Waals surface area (Å²) in [4.78, 5) is 25.9. The van der Waals surface area contributed by atoms with Crippen LogP contribution in [0.5, 0.6) is 11.5 Å². The quantitative estimate of drug-likeness (QED) is 0.657. The molecule has 1 heterocycles. The average molecular weight is 365 g/mol. The molecule has 1 aromatic carbocycles. The fourth-order valence-corrected chi connectivity index (χ4v) is 3.06. The lowest BCUT2D eigenvalue weighted by molar-refractivity contribution is -0.123. The second-order valence-corrected chi connectivity index (χ2v) is 6.57. The molecule has 0 aliphatic carbocycles. The van der Waals surface area contributed by atoms with Crippen molar-refractivity contribution in [2.24, 2.45) is 0 Å². The van der Waals surface area contributed by atoms with Gasteiger partial charge in [-0.1, -0.05) is 13.0 Å². The number of nitrogens with zero attached hydrogens (tertiary/aromatic N) is 1. The highest BCUT2D eigenvalue weighted by Gasteiger charge is 2.34. The van der Waals surface area contributed by atoms with E-state index >= 15 is 0 Å². The van der Waals surface area contributed by atoms with Gasteiger partial charge in [0.25, 0.3) is 11.1 Å². The minimum Gasteiger partial charge on any atom is -0.493 e. The van der Waals surface area contributed by atoms with Gasteiger partial charge in [-0.25, -0.2) is 0 Å². The SMILES string of the molecule is CC[C@H](C)Oc1ccc(/C=C2/SC(=O)N(CCOC)C2=O)cc1OC. The maximum atomic E-state index is 12.3. The maximum Gasteiger partial charge on any atom is 0.293 e. The molecule has 0 saturated carbocycles. The van der Waals surface area contributed by atoms with Crippen LogP contribution in [0, 0.1) is 0 Å². The number of carbonyl (C=O) groups is 2. The lowest BCUT2D eigenvalue weighted by atomic mass is 10.1. The Hall–Kier alpha value is -1.99. The molecule has 1 aromatic rings. The number of benzene rings is 1. The Labute approximate surface area is 152 Å². The molecule has 136 valence electrons. The van der Waals surface area contributed by atoms with Crippen LogP contribution in [0.2, 0.25) is 0 Å². The molecule has 6 nitrogen and oxygen atoms in total. The first-order valence-corrected chi connectivity index (χ1v) is 8.90. The van der Waals surface area contributed by atoms with Crippen LogP contribution in [-0.4, -0.2) is 49.5 Å². The summed E-state index contributed by atoms with van der Waals surface area (Å²) < 4.78 is 16.1. The summed E-state index contributed by atoms with van der Waals surface area (Å²) in [5, 5.41) is -0.281. The highest BCUT2D eigenvalue weighted by molar-refractivity contribution is 8.18. The molecule has 0 aromatic heterocycles. The summed E-state index contributed by atoms with van der Waals surface area (Å²) in [5.74, 6) is 0.945. The predicted octanol–water partition coefficient (Wildman–Crippen LogP) is 3.56. The minimum atomic E-state index is -0.300. The third kappa shape index (κ3) is 4.76. The largest absolute Gasteiger partial charge is 0.493 e. The molecule has 2 amide bonds. The van der Waals surface area contributed by atoms with Crippen LogP contribution in [-0.2, 0) is 9.53 Å². The van der Waals surface area contributed by atoms with Crippen molar-refractivity contribution < 1.29 is 23.8 Å². The smallest absolute Gasteiger partial charge is 0.293 e. The summed E-state index contributed by atoms with van der Waals surface area (Å²) in [6.07, 6.45) is 2.66. The fourth-order valence-electron chi connectivity index (χ4n) is 2.20. The standard InChI is InChI=1S/C18H23NO5S/c1-5-12(2)24-14-7-6-13(10-15(14)23-4)11-16-17(20)19(8-9-22-3)18(21)25-16/h6-7,10-12H,5,8-9H2,1-4H3/b16-11+/t12-/m0/s1. The Bertz CT molecular complexity index is 673.